The minimum Gasteiger partial charge on any atom is -0.382 e. The second-order valence-electron chi connectivity index (χ2n) is 4.32. The Labute approximate surface area is 91.6 Å². The van der Waals surface area contributed by atoms with Gasteiger partial charge in [0.15, 0.2) is 0 Å². The van der Waals surface area contributed by atoms with Crippen LogP contribution in [-0.4, -0.2) is 12.6 Å². The van der Waals surface area contributed by atoms with Crippen molar-refractivity contribution in [2.45, 2.75) is 39.3 Å². The van der Waals surface area contributed by atoms with E-state index in [1.165, 1.54) is 16.8 Å². The predicted molar refractivity (Wildman–Crippen MR) is 63.2 cm³/mol. The monoisotopic (exact) mass is 205 g/mol. The van der Waals surface area contributed by atoms with Gasteiger partial charge in [-0.2, -0.15) is 0 Å². The lowest BCUT2D eigenvalue weighted by Crippen LogP contribution is -2.26. The molecular weight excluding hydrogens is 186 g/mol. The van der Waals surface area contributed by atoms with Crippen molar-refractivity contribution in [1.29, 1.82) is 0 Å². The SMILES string of the molecule is CCO[C@@H]1C[C@H](C)Nc2ccc(C)cc21. The molecule has 0 saturated carbocycles. The van der Waals surface area contributed by atoms with Crippen LogP contribution in [0.2, 0.25) is 0 Å². The average molecular weight is 205 g/mol. The van der Waals surface area contributed by atoms with Crippen molar-refractivity contribution in [2.75, 3.05) is 11.9 Å². The molecule has 0 bridgehead atoms. The first-order valence-corrected chi connectivity index (χ1v) is 5.69. The molecule has 0 unspecified atom stereocenters. The molecule has 0 aromatic heterocycles. The number of fused-ring (bicyclic) bond motifs is 1. The molecule has 15 heavy (non-hydrogen) atoms. The summed E-state index contributed by atoms with van der Waals surface area (Å²) in [5.41, 5.74) is 3.85. The molecule has 0 radical (unpaired) electrons. The van der Waals surface area contributed by atoms with Crippen LogP contribution in [-0.2, 0) is 4.74 Å². The van der Waals surface area contributed by atoms with Crippen molar-refractivity contribution in [3.63, 3.8) is 0 Å². The molecule has 1 heterocycles. The number of hydrogen-bond donors (Lipinski definition) is 1. The minimum absolute atomic E-state index is 0.265. The van der Waals surface area contributed by atoms with Gasteiger partial charge < -0.3 is 10.1 Å². The molecule has 82 valence electrons. The number of benzene rings is 1. The van der Waals surface area contributed by atoms with Crippen molar-refractivity contribution in [3.8, 4) is 0 Å². The number of nitrogens with one attached hydrogen (secondary N) is 1. The van der Waals surface area contributed by atoms with E-state index in [2.05, 4.69) is 44.3 Å². The zero-order valence-electron chi connectivity index (χ0n) is 9.71. The van der Waals surface area contributed by atoms with E-state index < -0.39 is 0 Å². The molecule has 1 aromatic carbocycles. The highest BCUT2D eigenvalue weighted by molar-refractivity contribution is 5.56. The van der Waals surface area contributed by atoms with E-state index in [9.17, 15) is 0 Å². The van der Waals surface area contributed by atoms with Gasteiger partial charge in [-0.05, 0) is 33.3 Å². The van der Waals surface area contributed by atoms with E-state index in [4.69, 9.17) is 4.74 Å². The standard InChI is InChI=1S/C13H19NO/c1-4-15-13-8-10(3)14-12-6-5-9(2)7-11(12)13/h5-7,10,13-14H,4,8H2,1-3H3/t10-,13+/m0/s1. The zero-order valence-corrected chi connectivity index (χ0v) is 9.71. The quantitative estimate of drug-likeness (QED) is 0.800. The molecule has 0 amide bonds. The summed E-state index contributed by atoms with van der Waals surface area (Å²) in [7, 11) is 0. The number of anilines is 1. The van der Waals surface area contributed by atoms with E-state index in [0.29, 0.717) is 6.04 Å². The van der Waals surface area contributed by atoms with Crippen LogP contribution in [0.4, 0.5) is 5.69 Å². The second-order valence-corrected chi connectivity index (χ2v) is 4.32. The van der Waals surface area contributed by atoms with Gasteiger partial charge in [-0.15, -0.1) is 0 Å². The Morgan fingerprint density at radius 1 is 1.47 bits per heavy atom. The number of ether oxygens (including phenoxy) is 1. The maximum Gasteiger partial charge on any atom is 0.0864 e. The van der Waals surface area contributed by atoms with E-state index in [1.807, 2.05) is 0 Å². The van der Waals surface area contributed by atoms with Gasteiger partial charge in [0.05, 0.1) is 6.10 Å². The molecule has 2 nitrogen and oxygen atoms in total. The molecule has 2 atom stereocenters. The Morgan fingerprint density at radius 2 is 2.27 bits per heavy atom. The van der Waals surface area contributed by atoms with Crippen LogP contribution in [0.1, 0.15) is 37.5 Å². The molecule has 0 aliphatic carbocycles. The Hall–Kier alpha value is -1.02. The third kappa shape index (κ3) is 2.15. The van der Waals surface area contributed by atoms with Gasteiger partial charge in [-0.1, -0.05) is 17.7 Å². The molecule has 1 N–H and O–H groups in total. The number of rotatable bonds is 2. The maximum atomic E-state index is 5.79. The lowest BCUT2D eigenvalue weighted by molar-refractivity contribution is 0.0512. The molecule has 0 spiro atoms. The lowest BCUT2D eigenvalue weighted by atomic mass is 9.94. The van der Waals surface area contributed by atoms with Gasteiger partial charge in [0, 0.05) is 23.9 Å². The molecule has 1 aliphatic heterocycles. The molecule has 2 rings (SSSR count). The zero-order chi connectivity index (χ0) is 10.8. The summed E-state index contributed by atoms with van der Waals surface area (Å²) in [6.45, 7) is 7.17. The van der Waals surface area contributed by atoms with Gasteiger partial charge in [-0.3, -0.25) is 0 Å². The molecule has 1 aromatic rings. The van der Waals surface area contributed by atoms with Crippen LogP contribution in [0.3, 0.4) is 0 Å². The van der Waals surface area contributed by atoms with Crippen molar-refractivity contribution in [2.24, 2.45) is 0 Å². The summed E-state index contributed by atoms with van der Waals surface area (Å²) in [4.78, 5) is 0. The first-order chi connectivity index (χ1) is 7.20. The topological polar surface area (TPSA) is 21.3 Å². The summed E-state index contributed by atoms with van der Waals surface area (Å²) < 4.78 is 5.79. The summed E-state index contributed by atoms with van der Waals surface area (Å²) in [6, 6.07) is 7.03. The smallest absolute Gasteiger partial charge is 0.0864 e. The Morgan fingerprint density at radius 3 is 3.00 bits per heavy atom. The number of hydrogen-bond acceptors (Lipinski definition) is 2. The highest BCUT2D eigenvalue weighted by Gasteiger charge is 2.24. The van der Waals surface area contributed by atoms with Gasteiger partial charge in [0.2, 0.25) is 0 Å². The van der Waals surface area contributed by atoms with Crippen molar-refractivity contribution in [1.82, 2.24) is 0 Å². The highest BCUT2D eigenvalue weighted by Crippen LogP contribution is 2.35. The van der Waals surface area contributed by atoms with Crippen LogP contribution in [0.5, 0.6) is 0 Å². The Kier molecular flexibility index (Phi) is 2.96. The fourth-order valence-corrected chi connectivity index (χ4v) is 2.21. The minimum atomic E-state index is 0.265. The van der Waals surface area contributed by atoms with E-state index in [-0.39, 0.29) is 6.10 Å². The van der Waals surface area contributed by atoms with Crippen LogP contribution in [0.25, 0.3) is 0 Å². The maximum absolute atomic E-state index is 5.79. The molecule has 2 heteroatoms. The largest absolute Gasteiger partial charge is 0.382 e. The first kappa shape index (κ1) is 10.5. The van der Waals surface area contributed by atoms with Crippen LogP contribution in [0, 0.1) is 6.92 Å². The van der Waals surface area contributed by atoms with E-state index >= 15 is 0 Å². The lowest BCUT2D eigenvalue weighted by Gasteiger charge is -2.31. The molecule has 0 saturated heterocycles. The molecule has 0 fully saturated rings. The van der Waals surface area contributed by atoms with Crippen molar-refractivity contribution in [3.05, 3.63) is 29.3 Å². The molecule has 1 aliphatic rings. The highest BCUT2D eigenvalue weighted by atomic mass is 16.5. The Balaban J connectivity index is 2.34. The van der Waals surface area contributed by atoms with Gasteiger partial charge in [0.1, 0.15) is 0 Å². The summed E-state index contributed by atoms with van der Waals surface area (Å²) >= 11 is 0. The van der Waals surface area contributed by atoms with Crippen LogP contribution < -0.4 is 5.32 Å². The second kappa shape index (κ2) is 4.23. The fraction of sp³-hybridized carbons (Fsp3) is 0.538. The van der Waals surface area contributed by atoms with E-state index in [1.54, 1.807) is 0 Å². The average Bonchev–Trinajstić information content (AvgIpc) is 2.19. The third-order valence-corrected chi connectivity index (χ3v) is 2.89. The van der Waals surface area contributed by atoms with Gasteiger partial charge in [0.25, 0.3) is 0 Å². The normalized spacial score (nSPS) is 24.5. The van der Waals surface area contributed by atoms with Gasteiger partial charge in [-0.25, -0.2) is 0 Å². The van der Waals surface area contributed by atoms with Crippen molar-refractivity contribution >= 4 is 5.69 Å². The first-order valence-electron chi connectivity index (χ1n) is 5.69. The summed E-state index contributed by atoms with van der Waals surface area (Å²) in [5.74, 6) is 0. The Bertz CT molecular complexity index is 348. The number of aryl methyl sites for hydroxylation is 1. The molecular formula is C13H19NO. The van der Waals surface area contributed by atoms with Crippen molar-refractivity contribution < 1.29 is 4.74 Å². The summed E-state index contributed by atoms with van der Waals surface area (Å²) in [5, 5.41) is 3.50. The fourth-order valence-electron chi connectivity index (χ4n) is 2.21. The summed E-state index contributed by atoms with van der Waals surface area (Å²) in [6.07, 6.45) is 1.32. The van der Waals surface area contributed by atoms with Crippen LogP contribution >= 0.6 is 0 Å². The third-order valence-electron chi connectivity index (χ3n) is 2.89. The van der Waals surface area contributed by atoms with Gasteiger partial charge >= 0.3 is 0 Å². The predicted octanol–water partition coefficient (Wildman–Crippen LogP) is 3.28. The van der Waals surface area contributed by atoms with Crippen LogP contribution in [0.15, 0.2) is 18.2 Å². The van der Waals surface area contributed by atoms with E-state index in [0.717, 1.165) is 13.0 Å².